The topological polar surface area (TPSA) is 78.9 Å². The third-order valence-electron chi connectivity index (χ3n) is 3.63. The maximum absolute atomic E-state index is 11.9. The van der Waals surface area contributed by atoms with E-state index < -0.39 is 29.4 Å². The van der Waals surface area contributed by atoms with E-state index in [9.17, 15) is 14.4 Å². The Hall–Kier alpha value is -2.37. The van der Waals surface area contributed by atoms with Gasteiger partial charge in [0.15, 0.2) is 5.41 Å². The second-order valence-electron chi connectivity index (χ2n) is 5.04. The summed E-state index contributed by atoms with van der Waals surface area (Å²) >= 11 is 0. The molecule has 6 heteroatoms. The van der Waals surface area contributed by atoms with Gasteiger partial charge in [0.05, 0.1) is 19.8 Å². The summed E-state index contributed by atoms with van der Waals surface area (Å²) in [5.74, 6) is -1.65. The van der Waals surface area contributed by atoms with Gasteiger partial charge in [-0.2, -0.15) is 0 Å². The maximum atomic E-state index is 11.9. The molecule has 112 valence electrons. The molecule has 0 N–H and O–H groups in total. The van der Waals surface area contributed by atoms with Crippen LogP contribution in [0.1, 0.15) is 35.4 Å². The minimum atomic E-state index is -1.29. The fourth-order valence-electron chi connectivity index (χ4n) is 2.28. The molecule has 1 fully saturated rings. The van der Waals surface area contributed by atoms with Crippen LogP contribution in [0.2, 0.25) is 0 Å². The number of methoxy groups -OCH3 is 2. The summed E-state index contributed by atoms with van der Waals surface area (Å²) in [7, 11) is 2.54. The third kappa shape index (κ3) is 2.61. The van der Waals surface area contributed by atoms with E-state index in [1.807, 2.05) is 0 Å². The summed E-state index contributed by atoms with van der Waals surface area (Å²) in [6, 6.07) is 6.52. The van der Waals surface area contributed by atoms with Gasteiger partial charge in [-0.15, -0.1) is 0 Å². The van der Waals surface area contributed by atoms with E-state index in [1.165, 1.54) is 21.1 Å². The predicted molar refractivity (Wildman–Crippen MR) is 71.4 cm³/mol. The highest BCUT2D eigenvalue weighted by Gasteiger charge is 2.52. The Morgan fingerprint density at radius 1 is 1.19 bits per heavy atom. The zero-order valence-corrected chi connectivity index (χ0v) is 12.0. The highest BCUT2D eigenvalue weighted by Crippen LogP contribution is 2.42. The molecule has 2 rings (SSSR count). The summed E-state index contributed by atoms with van der Waals surface area (Å²) in [4.78, 5) is 35.0. The molecule has 2 atom stereocenters. The normalized spacial score (nSPS) is 24.3. The van der Waals surface area contributed by atoms with Crippen LogP contribution in [0.25, 0.3) is 0 Å². The summed E-state index contributed by atoms with van der Waals surface area (Å²) in [6.45, 7) is 1.50. The molecule has 0 aliphatic carbocycles. The lowest BCUT2D eigenvalue weighted by Gasteiger charge is -2.15. The van der Waals surface area contributed by atoms with Crippen molar-refractivity contribution in [3.05, 3.63) is 35.4 Å². The van der Waals surface area contributed by atoms with Crippen LogP contribution in [0.15, 0.2) is 24.3 Å². The molecule has 0 radical (unpaired) electrons. The molecule has 1 aliphatic rings. The molecule has 6 nitrogen and oxygen atoms in total. The van der Waals surface area contributed by atoms with E-state index >= 15 is 0 Å². The van der Waals surface area contributed by atoms with Crippen LogP contribution >= 0.6 is 0 Å². The predicted octanol–water partition coefficient (Wildman–Crippen LogP) is 1.64. The second-order valence-corrected chi connectivity index (χ2v) is 5.04. The number of hydrogen-bond acceptors (Lipinski definition) is 6. The summed E-state index contributed by atoms with van der Waals surface area (Å²) in [5, 5.41) is 0. The summed E-state index contributed by atoms with van der Waals surface area (Å²) in [6.07, 6.45) is -0.330. The molecule has 0 saturated carbocycles. The Kier molecular flexibility index (Phi) is 3.97. The maximum Gasteiger partial charge on any atom is 0.337 e. The molecule has 1 heterocycles. The van der Waals surface area contributed by atoms with Crippen molar-refractivity contribution in [2.24, 2.45) is 5.41 Å². The van der Waals surface area contributed by atoms with Crippen LogP contribution in [0, 0.1) is 5.41 Å². The fraction of sp³-hybridized carbons (Fsp3) is 0.400. The van der Waals surface area contributed by atoms with E-state index in [0.717, 1.165) is 0 Å². The molecule has 0 aromatic heterocycles. The molecule has 0 spiro atoms. The van der Waals surface area contributed by atoms with E-state index in [1.54, 1.807) is 24.3 Å². The molecule has 1 aromatic rings. The first-order chi connectivity index (χ1) is 9.92. The van der Waals surface area contributed by atoms with E-state index in [2.05, 4.69) is 9.47 Å². The second kappa shape index (κ2) is 5.55. The Balaban J connectivity index is 2.19. The number of ether oxygens (including phenoxy) is 3. The van der Waals surface area contributed by atoms with Gasteiger partial charge < -0.3 is 14.2 Å². The van der Waals surface area contributed by atoms with Crippen molar-refractivity contribution < 1.29 is 28.6 Å². The standard InChI is InChI=1S/C15H16O6/c1-15(13(17)20-3)8-11(21-14(15)18)9-4-6-10(7-5-9)12(16)19-2/h4-7,11H,8H2,1-3H3/t11-,15+/m0/s1. The van der Waals surface area contributed by atoms with Gasteiger partial charge in [-0.3, -0.25) is 9.59 Å². The Labute approximate surface area is 122 Å². The first-order valence-corrected chi connectivity index (χ1v) is 6.40. The zero-order chi connectivity index (χ0) is 15.6. The Morgan fingerprint density at radius 2 is 1.81 bits per heavy atom. The Morgan fingerprint density at radius 3 is 2.33 bits per heavy atom. The van der Waals surface area contributed by atoms with Crippen molar-refractivity contribution in [1.29, 1.82) is 0 Å². The summed E-state index contributed by atoms with van der Waals surface area (Å²) in [5.41, 5.74) is -0.176. The van der Waals surface area contributed by atoms with Gasteiger partial charge in [-0.05, 0) is 24.6 Å². The van der Waals surface area contributed by atoms with Crippen LogP contribution in [0.5, 0.6) is 0 Å². The van der Waals surface area contributed by atoms with Crippen molar-refractivity contribution in [2.45, 2.75) is 19.4 Å². The summed E-state index contributed by atoms with van der Waals surface area (Å²) < 4.78 is 14.5. The molecule has 1 aromatic carbocycles. The molecule has 1 aliphatic heterocycles. The fourth-order valence-corrected chi connectivity index (χ4v) is 2.28. The molecule has 0 bridgehead atoms. The van der Waals surface area contributed by atoms with Gasteiger partial charge in [-0.25, -0.2) is 4.79 Å². The van der Waals surface area contributed by atoms with Gasteiger partial charge in [-0.1, -0.05) is 12.1 Å². The number of cyclic esters (lactones) is 1. The van der Waals surface area contributed by atoms with Gasteiger partial charge in [0.25, 0.3) is 0 Å². The van der Waals surface area contributed by atoms with Crippen molar-refractivity contribution in [3.8, 4) is 0 Å². The average Bonchev–Trinajstić information content (AvgIpc) is 2.82. The zero-order valence-electron chi connectivity index (χ0n) is 12.0. The first kappa shape index (κ1) is 15.0. The van der Waals surface area contributed by atoms with Crippen molar-refractivity contribution in [1.82, 2.24) is 0 Å². The number of rotatable bonds is 3. The smallest absolute Gasteiger partial charge is 0.337 e. The highest BCUT2D eigenvalue weighted by atomic mass is 16.6. The SMILES string of the molecule is COC(=O)c1ccc([C@@H]2C[C@](C)(C(=O)OC)C(=O)O2)cc1. The largest absolute Gasteiger partial charge is 0.468 e. The van der Waals surface area contributed by atoms with E-state index in [4.69, 9.17) is 4.74 Å². The molecule has 1 saturated heterocycles. The lowest BCUT2D eigenvalue weighted by atomic mass is 9.85. The van der Waals surface area contributed by atoms with Crippen LogP contribution in [-0.4, -0.2) is 32.1 Å². The lowest BCUT2D eigenvalue weighted by Crippen LogP contribution is -2.33. The van der Waals surface area contributed by atoms with E-state index in [-0.39, 0.29) is 6.42 Å². The number of hydrogen-bond donors (Lipinski definition) is 0. The third-order valence-corrected chi connectivity index (χ3v) is 3.63. The monoisotopic (exact) mass is 292 g/mol. The van der Waals surface area contributed by atoms with Crippen molar-refractivity contribution in [3.63, 3.8) is 0 Å². The van der Waals surface area contributed by atoms with Crippen LogP contribution in [-0.2, 0) is 23.8 Å². The van der Waals surface area contributed by atoms with Crippen LogP contribution in [0.3, 0.4) is 0 Å². The molecular weight excluding hydrogens is 276 g/mol. The van der Waals surface area contributed by atoms with Crippen LogP contribution in [0.4, 0.5) is 0 Å². The lowest BCUT2D eigenvalue weighted by molar-refractivity contribution is -0.162. The van der Waals surface area contributed by atoms with Gasteiger partial charge >= 0.3 is 17.9 Å². The van der Waals surface area contributed by atoms with Crippen molar-refractivity contribution >= 4 is 17.9 Å². The van der Waals surface area contributed by atoms with Gasteiger partial charge in [0.2, 0.25) is 0 Å². The number of benzene rings is 1. The highest BCUT2D eigenvalue weighted by molar-refractivity contribution is 6.01. The molecule has 0 amide bonds. The van der Waals surface area contributed by atoms with Gasteiger partial charge in [0, 0.05) is 6.42 Å². The number of carbonyl (C=O) groups is 3. The molecule has 0 unspecified atom stereocenters. The van der Waals surface area contributed by atoms with E-state index in [0.29, 0.717) is 11.1 Å². The average molecular weight is 292 g/mol. The van der Waals surface area contributed by atoms with Gasteiger partial charge in [0.1, 0.15) is 6.10 Å². The van der Waals surface area contributed by atoms with Crippen LogP contribution < -0.4 is 0 Å². The number of esters is 3. The number of carbonyl (C=O) groups excluding carboxylic acids is 3. The Bertz CT molecular complexity index is 576. The minimum Gasteiger partial charge on any atom is -0.468 e. The molecule has 21 heavy (non-hydrogen) atoms. The first-order valence-electron chi connectivity index (χ1n) is 6.40. The quantitative estimate of drug-likeness (QED) is 0.479. The molecular formula is C15H16O6. The van der Waals surface area contributed by atoms with Crippen molar-refractivity contribution in [2.75, 3.05) is 14.2 Å². The minimum absolute atomic E-state index is 0.204.